The van der Waals surface area contributed by atoms with Crippen molar-refractivity contribution in [2.45, 2.75) is 25.3 Å². The van der Waals surface area contributed by atoms with E-state index >= 15 is 0 Å². The molecule has 2 amide bonds. The number of anilines is 1. The first-order chi connectivity index (χ1) is 7.74. The van der Waals surface area contributed by atoms with Crippen LogP contribution in [0, 0.1) is 0 Å². The zero-order valence-corrected chi connectivity index (χ0v) is 8.90. The molecule has 4 heteroatoms. The summed E-state index contributed by atoms with van der Waals surface area (Å²) in [6, 6.07) is 9.42. The molecule has 1 fully saturated rings. The lowest BCUT2D eigenvalue weighted by atomic mass is 10.3. The van der Waals surface area contributed by atoms with Crippen LogP contribution in [-0.2, 0) is 9.59 Å². The van der Waals surface area contributed by atoms with Crippen LogP contribution >= 0.6 is 0 Å². The monoisotopic (exact) mass is 218 g/mol. The van der Waals surface area contributed by atoms with Crippen molar-refractivity contribution in [2.24, 2.45) is 0 Å². The highest BCUT2D eigenvalue weighted by Crippen LogP contribution is 2.18. The maximum Gasteiger partial charge on any atom is 0.233 e. The van der Waals surface area contributed by atoms with E-state index in [2.05, 4.69) is 10.6 Å². The van der Waals surface area contributed by atoms with Gasteiger partial charge in [0.1, 0.15) is 6.42 Å². The lowest BCUT2D eigenvalue weighted by Gasteiger charge is -2.05. The molecule has 0 heterocycles. The molecule has 2 N–H and O–H groups in total. The van der Waals surface area contributed by atoms with E-state index in [1.54, 1.807) is 12.1 Å². The molecule has 0 bridgehead atoms. The fourth-order valence-electron chi connectivity index (χ4n) is 1.38. The Kier molecular flexibility index (Phi) is 3.19. The van der Waals surface area contributed by atoms with E-state index in [1.165, 1.54) is 0 Å². The second kappa shape index (κ2) is 4.79. The van der Waals surface area contributed by atoms with Gasteiger partial charge in [0.05, 0.1) is 0 Å². The summed E-state index contributed by atoms with van der Waals surface area (Å²) < 4.78 is 0. The van der Waals surface area contributed by atoms with Crippen molar-refractivity contribution < 1.29 is 9.59 Å². The molecule has 1 saturated carbocycles. The van der Waals surface area contributed by atoms with Crippen molar-refractivity contribution in [3.05, 3.63) is 30.3 Å². The molecule has 0 saturated heterocycles. The molecular weight excluding hydrogens is 204 g/mol. The summed E-state index contributed by atoms with van der Waals surface area (Å²) in [5.74, 6) is -0.472. The van der Waals surface area contributed by atoms with Gasteiger partial charge >= 0.3 is 0 Å². The third-order valence-electron chi connectivity index (χ3n) is 2.32. The van der Waals surface area contributed by atoms with Crippen LogP contribution in [0.25, 0.3) is 0 Å². The molecule has 1 aromatic rings. The minimum absolute atomic E-state index is 0.106. The number of carbonyl (C=O) groups is 2. The number of nitrogens with one attached hydrogen (secondary N) is 2. The van der Waals surface area contributed by atoms with E-state index in [-0.39, 0.29) is 18.2 Å². The average Bonchev–Trinajstić information content (AvgIpc) is 3.02. The maximum atomic E-state index is 11.5. The van der Waals surface area contributed by atoms with E-state index in [9.17, 15) is 9.59 Å². The van der Waals surface area contributed by atoms with Gasteiger partial charge in [-0.2, -0.15) is 0 Å². The minimum Gasteiger partial charge on any atom is -0.353 e. The van der Waals surface area contributed by atoms with Gasteiger partial charge in [0, 0.05) is 11.7 Å². The van der Waals surface area contributed by atoms with E-state index in [0.29, 0.717) is 11.7 Å². The highest BCUT2D eigenvalue weighted by atomic mass is 16.2. The fourth-order valence-corrected chi connectivity index (χ4v) is 1.38. The number of carbonyl (C=O) groups excluding carboxylic acids is 2. The predicted molar refractivity (Wildman–Crippen MR) is 60.9 cm³/mol. The molecule has 0 aliphatic heterocycles. The van der Waals surface area contributed by atoms with Crippen LogP contribution in [0.5, 0.6) is 0 Å². The van der Waals surface area contributed by atoms with Crippen molar-refractivity contribution in [1.82, 2.24) is 5.32 Å². The fraction of sp³-hybridized carbons (Fsp3) is 0.333. The third-order valence-corrected chi connectivity index (χ3v) is 2.32. The second-order valence-corrected chi connectivity index (χ2v) is 3.93. The molecule has 0 spiro atoms. The highest BCUT2D eigenvalue weighted by molar-refractivity contribution is 6.03. The van der Waals surface area contributed by atoms with Gasteiger partial charge in [-0.15, -0.1) is 0 Å². The molecule has 1 aromatic carbocycles. The molecule has 4 nitrogen and oxygen atoms in total. The molecule has 0 atom stereocenters. The number of benzene rings is 1. The van der Waals surface area contributed by atoms with Crippen LogP contribution in [0.1, 0.15) is 19.3 Å². The maximum absolute atomic E-state index is 11.5. The first-order valence-corrected chi connectivity index (χ1v) is 5.38. The molecule has 84 valence electrons. The SMILES string of the molecule is O=C(CC(=O)NC1CC1)Nc1ccccc1. The van der Waals surface area contributed by atoms with E-state index in [4.69, 9.17) is 0 Å². The van der Waals surface area contributed by atoms with Gasteiger partial charge in [-0.05, 0) is 25.0 Å². The van der Waals surface area contributed by atoms with Crippen molar-refractivity contribution >= 4 is 17.5 Å². The molecule has 1 aliphatic carbocycles. The normalized spacial score (nSPS) is 14.2. The van der Waals surface area contributed by atoms with Crippen LogP contribution in [0.15, 0.2) is 30.3 Å². The molecule has 16 heavy (non-hydrogen) atoms. The number of hydrogen-bond donors (Lipinski definition) is 2. The summed E-state index contributed by atoms with van der Waals surface area (Å²) in [7, 11) is 0. The minimum atomic E-state index is -0.274. The topological polar surface area (TPSA) is 58.2 Å². The quantitative estimate of drug-likeness (QED) is 0.748. The van der Waals surface area contributed by atoms with Crippen molar-refractivity contribution in [1.29, 1.82) is 0 Å². The van der Waals surface area contributed by atoms with E-state index in [1.807, 2.05) is 18.2 Å². The Balaban J connectivity index is 1.77. The van der Waals surface area contributed by atoms with Crippen molar-refractivity contribution in [3.63, 3.8) is 0 Å². The number of amides is 2. The van der Waals surface area contributed by atoms with Crippen LogP contribution in [0.2, 0.25) is 0 Å². The van der Waals surface area contributed by atoms with Crippen LogP contribution in [-0.4, -0.2) is 17.9 Å². The molecular formula is C12H14N2O2. The summed E-state index contributed by atoms with van der Waals surface area (Å²) in [5, 5.41) is 5.44. The zero-order valence-electron chi connectivity index (χ0n) is 8.90. The Labute approximate surface area is 94.0 Å². The average molecular weight is 218 g/mol. The molecule has 0 aromatic heterocycles. The lowest BCUT2D eigenvalue weighted by Crippen LogP contribution is -2.29. The third kappa shape index (κ3) is 3.38. The number of rotatable bonds is 4. The first-order valence-electron chi connectivity index (χ1n) is 5.38. The van der Waals surface area contributed by atoms with Gasteiger partial charge in [0.15, 0.2) is 0 Å². The van der Waals surface area contributed by atoms with Gasteiger partial charge < -0.3 is 10.6 Å². The largest absolute Gasteiger partial charge is 0.353 e. The summed E-state index contributed by atoms with van der Waals surface area (Å²) in [6.45, 7) is 0. The summed E-state index contributed by atoms with van der Waals surface area (Å²) in [6.07, 6.45) is 1.96. The van der Waals surface area contributed by atoms with Crippen LogP contribution in [0.4, 0.5) is 5.69 Å². The zero-order chi connectivity index (χ0) is 11.4. The summed E-state index contributed by atoms with van der Waals surface area (Å²) in [5.41, 5.74) is 0.715. The number of hydrogen-bond acceptors (Lipinski definition) is 2. The van der Waals surface area contributed by atoms with Crippen LogP contribution < -0.4 is 10.6 Å². The predicted octanol–water partition coefficient (Wildman–Crippen LogP) is 1.29. The number of para-hydroxylation sites is 1. The summed E-state index contributed by atoms with van der Waals surface area (Å²) >= 11 is 0. The van der Waals surface area contributed by atoms with Crippen molar-refractivity contribution in [3.8, 4) is 0 Å². The first kappa shape index (κ1) is 10.7. The molecule has 1 aliphatic rings. The smallest absolute Gasteiger partial charge is 0.233 e. The second-order valence-electron chi connectivity index (χ2n) is 3.93. The van der Waals surface area contributed by atoms with E-state index < -0.39 is 0 Å². The van der Waals surface area contributed by atoms with E-state index in [0.717, 1.165) is 12.8 Å². The molecule has 0 unspecified atom stereocenters. The highest BCUT2D eigenvalue weighted by Gasteiger charge is 2.23. The Hall–Kier alpha value is -1.84. The Morgan fingerprint density at radius 1 is 1.12 bits per heavy atom. The summed E-state index contributed by atoms with van der Waals surface area (Å²) in [4.78, 5) is 22.8. The molecule has 0 radical (unpaired) electrons. The van der Waals surface area contributed by atoms with Crippen LogP contribution in [0.3, 0.4) is 0 Å². The standard InChI is InChI=1S/C12H14N2O2/c15-11(8-12(16)14-10-6-7-10)13-9-4-2-1-3-5-9/h1-5,10H,6-8H2,(H,13,15)(H,14,16). The van der Waals surface area contributed by atoms with Gasteiger partial charge in [-0.25, -0.2) is 0 Å². The lowest BCUT2D eigenvalue weighted by molar-refractivity contribution is -0.126. The van der Waals surface area contributed by atoms with Gasteiger partial charge in [0.2, 0.25) is 11.8 Å². The van der Waals surface area contributed by atoms with Gasteiger partial charge in [-0.1, -0.05) is 18.2 Å². The van der Waals surface area contributed by atoms with Crippen molar-refractivity contribution in [2.75, 3.05) is 5.32 Å². The Morgan fingerprint density at radius 2 is 1.81 bits per heavy atom. The molecule has 2 rings (SSSR count). The van der Waals surface area contributed by atoms with Gasteiger partial charge in [0.25, 0.3) is 0 Å². The van der Waals surface area contributed by atoms with Gasteiger partial charge in [-0.3, -0.25) is 9.59 Å². The Bertz CT molecular complexity index is 385. The Morgan fingerprint density at radius 3 is 2.44 bits per heavy atom.